The normalized spacial score (nSPS) is 22.2. The van der Waals surface area contributed by atoms with E-state index in [0.29, 0.717) is 0 Å². The third kappa shape index (κ3) is 2.82. The Kier molecular flexibility index (Phi) is 4.78. The van der Waals surface area contributed by atoms with Crippen molar-refractivity contribution in [2.45, 2.75) is 42.4 Å². The zero-order valence-corrected chi connectivity index (χ0v) is 17.4. The van der Waals surface area contributed by atoms with E-state index in [1.807, 2.05) is 11.8 Å². The predicted molar refractivity (Wildman–Crippen MR) is 118 cm³/mol. The van der Waals surface area contributed by atoms with Gasteiger partial charge < -0.3 is 4.90 Å². The molecule has 0 amide bonds. The first-order valence-corrected chi connectivity index (χ1v) is 11.5. The fourth-order valence-electron chi connectivity index (χ4n) is 5.31. The van der Waals surface area contributed by atoms with Crippen LogP contribution in [0, 0.1) is 6.92 Å². The maximum Gasteiger partial charge on any atom is 0.176 e. The van der Waals surface area contributed by atoms with Gasteiger partial charge in [0.1, 0.15) is 0 Å². The Morgan fingerprint density at radius 3 is 2.36 bits per heavy atom. The van der Waals surface area contributed by atoms with Crippen LogP contribution in [0.4, 0.5) is 0 Å². The Hall–Kier alpha value is -2.03. The van der Waals surface area contributed by atoms with Crippen LogP contribution in [0.1, 0.15) is 47.1 Å². The van der Waals surface area contributed by atoms with Gasteiger partial charge in [-0.1, -0.05) is 66.7 Å². The van der Waals surface area contributed by atoms with Crippen molar-refractivity contribution < 1.29 is 4.90 Å². The minimum atomic E-state index is -0.120. The van der Waals surface area contributed by atoms with Crippen LogP contribution in [0.3, 0.4) is 0 Å². The molecule has 0 aliphatic carbocycles. The zero-order valence-electron chi connectivity index (χ0n) is 16.6. The van der Waals surface area contributed by atoms with Crippen LogP contribution in [0.2, 0.25) is 0 Å². The minimum absolute atomic E-state index is 0.120. The number of thioether (sulfide) groups is 1. The molecule has 142 valence electrons. The summed E-state index contributed by atoms with van der Waals surface area (Å²) in [6.45, 7) is 4.69. The average Bonchev–Trinajstić information content (AvgIpc) is 2.90. The van der Waals surface area contributed by atoms with Gasteiger partial charge in [0.15, 0.2) is 5.54 Å². The molecule has 0 bridgehead atoms. The SMILES string of the molecule is Cc1ccc2c(c1)SCc1ccccc1[C@@]2(c1ccccc1)[NH+]1CCCCC1. The Morgan fingerprint density at radius 1 is 0.786 bits per heavy atom. The summed E-state index contributed by atoms with van der Waals surface area (Å²) in [5.74, 6) is 1.05. The lowest BCUT2D eigenvalue weighted by Crippen LogP contribution is -3.19. The first-order chi connectivity index (χ1) is 13.8. The average molecular weight is 387 g/mol. The lowest BCUT2D eigenvalue weighted by molar-refractivity contribution is -0.952. The summed E-state index contributed by atoms with van der Waals surface area (Å²) in [6, 6.07) is 27.7. The highest BCUT2D eigenvalue weighted by Crippen LogP contribution is 2.45. The van der Waals surface area contributed by atoms with Gasteiger partial charge in [0.05, 0.1) is 13.1 Å². The number of hydrogen-bond acceptors (Lipinski definition) is 1. The van der Waals surface area contributed by atoms with Crippen molar-refractivity contribution in [3.63, 3.8) is 0 Å². The molecule has 2 heterocycles. The highest BCUT2D eigenvalue weighted by molar-refractivity contribution is 7.98. The molecular formula is C26H28NS+. The quantitative estimate of drug-likeness (QED) is 0.652. The van der Waals surface area contributed by atoms with E-state index in [0.717, 1.165) is 5.75 Å². The van der Waals surface area contributed by atoms with Gasteiger partial charge in [0, 0.05) is 27.3 Å². The first-order valence-electron chi connectivity index (χ1n) is 10.5. The van der Waals surface area contributed by atoms with Crippen molar-refractivity contribution in [2.24, 2.45) is 0 Å². The Morgan fingerprint density at radius 2 is 1.54 bits per heavy atom. The molecule has 5 rings (SSSR count). The van der Waals surface area contributed by atoms with Crippen molar-refractivity contribution in [1.29, 1.82) is 0 Å². The molecule has 1 atom stereocenters. The summed E-state index contributed by atoms with van der Waals surface area (Å²) in [4.78, 5) is 3.17. The zero-order chi connectivity index (χ0) is 19.0. The summed E-state index contributed by atoms with van der Waals surface area (Å²) >= 11 is 2.01. The largest absolute Gasteiger partial charge is 0.319 e. The van der Waals surface area contributed by atoms with E-state index >= 15 is 0 Å². The van der Waals surface area contributed by atoms with E-state index in [4.69, 9.17) is 0 Å². The third-order valence-corrected chi connectivity index (χ3v) is 7.64. The van der Waals surface area contributed by atoms with Crippen molar-refractivity contribution in [2.75, 3.05) is 13.1 Å². The van der Waals surface area contributed by atoms with E-state index in [9.17, 15) is 0 Å². The number of nitrogens with one attached hydrogen (secondary N) is 1. The number of piperidine rings is 1. The maximum atomic E-state index is 2.42. The fraction of sp³-hybridized carbons (Fsp3) is 0.308. The predicted octanol–water partition coefficient (Wildman–Crippen LogP) is 4.96. The van der Waals surface area contributed by atoms with E-state index in [2.05, 4.69) is 79.7 Å². The second kappa shape index (κ2) is 7.42. The minimum Gasteiger partial charge on any atom is -0.319 e. The molecule has 1 fully saturated rings. The van der Waals surface area contributed by atoms with Crippen LogP contribution in [0.5, 0.6) is 0 Å². The molecule has 28 heavy (non-hydrogen) atoms. The molecule has 1 nitrogen and oxygen atoms in total. The van der Waals surface area contributed by atoms with Crippen molar-refractivity contribution in [1.82, 2.24) is 0 Å². The number of aryl methyl sites for hydroxylation is 1. The van der Waals surface area contributed by atoms with Gasteiger partial charge >= 0.3 is 0 Å². The lowest BCUT2D eigenvalue weighted by atomic mass is 9.73. The van der Waals surface area contributed by atoms with Crippen molar-refractivity contribution in [3.8, 4) is 0 Å². The van der Waals surface area contributed by atoms with Gasteiger partial charge in [0.2, 0.25) is 0 Å². The molecule has 0 radical (unpaired) electrons. The number of rotatable bonds is 2. The molecule has 2 aliphatic heterocycles. The van der Waals surface area contributed by atoms with Gasteiger partial charge in [-0.3, -0.25) is 0 Å². The molecule has 3 aromatic rings. The molecule has 0 spiro atoms. The standard InChI is InChI=1S/C26H27NS/c1-20-14-15-24-25(18-20)28-19-21-10-6-7-13-23(21)26(24,22-11-4-2-5-12-22)27-16-8-3-9-17-27/h2,4-7,10-15,18H,3,8-9,16-17,19H2,1H3/p+1/t26-/m1/s1. The summed E-state index contributed by atoms with van der Waals surface area (Å²) in [5.41, 5.74) is 7.16. The van der Waals surface area contributed by atoms with E-state index < -0.39 is 0 Å². The monoisotopic (exact) mass is 386 g/mol. The molecule has 1 saturated heterocycles. The second-order valence-electron chi connectivity index (χ2n) is 8.23. The van der Waals surface area contributed by atoms with Gasteiger partial charge in [-0.05, 0) is 43.4 Å². The van der Waals surface area contributed by atoms with Gasteiger partial charge in [0.25, 0.3) is 0 Å². The van der Waals surface area contributed by atoms with Crippen LogP contribution >= 0.6 is 11.8 Å². The number of quaternary nitrogens is 1. The first kappa shape index (κ1) is 18.0. The fourth-order valence-corrected chi connectivity index (χ4v) is 6.52. The Balaban J connectivity index is 1.88. The van der Waals surface area contributed by atoms with Crippen LogP contribution < -0.4 is 4.90 Å². The van der Waals surface area contributed by atoms with Crippen LogP contribution in [-0.2, 0) is 11.3 Å². The molecule has 1 N–H and O–H groups in total. The van der Waals surface area contributed by atoms with Crippen molar-refractivity contribution in [3.05, 3.63) is 101 Å². The number of fused-ring (bicyclic) bond motifs is 2. The van der Waals surface area contributed by atoms with Crippen LogP contribution in [0.25, 0.3) is 0 Å². The second-order valence-corrected chi connectivity index (χ2v) is 9.24. The van der Waals surface area contributed by atoms with Crippen LogP contribution in [0.15, 0.2) is 77.7 Å². The lowest BCUT2D eigenvalue weighted by Gasteiger charge is -2.44. The highest BCUT2D eigenvalue weighted by Gasteiger charge is 2.49. The highest BCUT2D eigenvalue weighted by atomic mass is 32.2. The smallest absolute Gasteiger partial charge is 0.176 e. The summed E-state index contributed by atoms with van der Waals surface area (Å²) in [6.07, 6.45) is 4.01. The molecule has 3 aromatic carbocycles. The van der Waals surface area contributed by atoms with E-state index in [1.54, 1.807) is 4.90 Å². The number of likely N-dealkylation sites (tertiary alicyclic amines) is 1. The maximum absolute atomic E-state index is 2.42. The third-order valence-electron chi connectivity index (χ3n) is 6.54. The topological polar surface area (TPSA) is 4.44 Å². The van der Waals surface area contributed by atoms with E-state index in [-0.39, 0.29) is 5.54 Å². The molecule has 2 aliphatic rings. The molecule has 0 saturated carbocycles. The summed E-state index contributed by atoms with van der Waals surface area (Å²) in [7, 11) is 0. The van der Waals surface area contributed by atoms with Gasteiger partial charge in [-0.15, -0.1) is 11.8 Å². The van der Waals surface area contributed by atoms with Gasteiger partial charge in [-0.2, -0.15) is 0 Å². The molecule has 2 heteroatoms. The summed E-state index contributed by atoms with van der Waals surface area (Å²) in [5, 5.41) is 0. The van der Waals surface area contributed by atoms with E-state index in [1.165, 1.54) is 65.1 Å². The molecule has 0 aromatic heterocycles. The van der Waals surface area contributed by atoms with Crippen molar-refractivity contribution >= 4 is 11.8 Å². The Bertz CT molecular complexity index is 975. The van der Waals surface area contributed by atoms with Crippen LogP contribution in [-0.4, -0.2) is 13.1 Å². The number of hydrogen-bond donors (Lipinski definition) is 1. The Labute approximate surface area is 172 Å². The van der Waals surface area contributed by atoms with Gasteiger partial charge in [-0.25, -0.2) is 0 Å². The number of benzene rings is 3. The summed E-state index contributed by atoms with van der Waals surface area (Å²) < 4.78 is 0. The molecular weight excluding hydrogens is 358 g/mol. The molecule has 0 unspecified atom stereocenters.